The smallest absolute Gasteiger partial charge is 0.230 e. The summed E-state index contributed by atoms with van der Waals surface area (Å²) in [5.41, 5.74) is -0.326. The Labute approximate surface area is 95.8 Å². The molecule has 5 heteroatoms. The van der Waals surface area contributed by atoms with Crippen LogP contribution < -0.4 is 5.32 Å². The van der Waals surface area contributed by atoms with Crippen molar-refractivity contribution in [2.24, 2.45) is 0 Å². The molecule has 0 aliphatic carbocycles. The van der Waals surface area contributed by atoms with E-state index in [1.54, 1.807) is 18.9 Å². The molecule has 0 spiro atoms. The third-order valence-electron chi connectivity index (χ3n) is 1.88. The van der Waals surface area contributed by atoms with Gasteiger partial charge in [0.05, 0.1) is 12.4 Å². The number of methoxy groups -OCH3 is 1. The molecule has 0 aromatic heterocycles. The molecule has 0 aliphatic heterocycles. The van der Waals surface area contributed by atoms with E-state index in [0.717, 1.165) is 5.75 Å². The van der Waals surface area contributed by atoms with Crippen LogP contribution >= 0.6 is 11.8 Å². The van der Waals surface area contributed by atoms with Gasteiger partial charge in [0.15, 0.2) is 0 Å². The quantitative estimate of drug-likeness (QED) is 0.606. The molecule has 0 atom stereocenters. The lowest BCUT2D eigenvalue weighted by molar-refractivity contribution is -0.120. The zero-order chi connectivity index (χ0) is 11.7. The lowest BCUT2D eigenvalue weighted by atomic mass is 10.0. The fraction of sp³-hybridized carbons (Fsp3) is 0.900. The molecule has 0 aromatic rings. The second kappa shape index (κ2) is 7.96. The lowest BCUT2D eigenvalue weighted by Gasteiger charge is -2.25. The number of carbonyl (C=O) groups excluding carboxylic acids is 1. The molecule has 0 unspecified atom stereocenters. The normalized spacial score (nSPS) is 11.5. The minimum atomic E-state index is -0.326. The Morgan fingerprint density at radius 1 is 1.53 bits per heavy atom. The number of hydrogen-bond donors (Lipinski definition) is 2. The van der Waals surface area contributed by atoms with Crippen LogP contribution in [0.15, 0.2) is 0 Å². The van der Waals surface area contributed by atoms with Gasteiger partial charge in [0.1, 0.15) is 0 Å². The van der Waals surface area contributed by atoms with Crippen molar-refractivity contribution in [3.63, 3.8) is 0 Å². The van der Waals surface area contributed by atoms with Crippen LogP contribution in [0.5, 0.6) is 0 Å². The molecule has 0 aliphatic rings. The van der Waals surface area contributed by atoms with Crippen molar-refractivity contribution in [2.45, 2.75) is 25.8 Å². The van der Waals surface area contributed by atoms with Crippen LogP contribution in [0.25, 0.3) is 0 Å². The Bertz CT molecular complexity index is 186. The van der Waals surface area contributed by atoms with Crippen molar-refractivity contribution in [3.8, 4) is 0 Å². The molecule has 0 aromatic carbocycles. The molecule has 0 saturated heterocycles. The first-order valence-corrected chi connectivity index (χ1v) is 6.16. The zero-order valence-electron chi connectivity index (χ0n) is 9.71. The molecule has 0 heterocycles. The third-order valence-corrected chi connectivity index (χ3v) is 2.80. The average molecular weight is 235 g/mol. The Hall–Kier alpha value is -0.260. The molecule has 15 heavy (non-hydrogen) atoms. The summed E-state index contributed by atoms with van der Waals surface area (Å²) in [5.74, 6) is 1.28. The molecule has 2 N–H and O–H groups in total. The Kier molecular flexibility index (Phi) is 7.82. The van der Waals surface area contributed by atoms with Gasteiger partial charge in [-0.05, 0) is 20.3 Å². The molecule has 0 fully saturated rings. The number of rotatable bonds is 8. The van der Waals surface area contributed by atoms with Crippen LogP contribution in [0.1, 0.15) is 20.3 Å². The molecule has 0 bridgehead atoms. The van der Waals surface area contributed by atoms with Gasteiger partial charge in [-0.2, -0.15) is 0 Å². The Morgan fingerprint density at radius 3 is 2.73 bits per heavy atom. The Morgan fingerprint density at radius 2 is 2.20 bits per heavy atom. The summed E-state index contributed by atoms with van der Waals surface area (Å²) in [4.78, 5) is 11.4. The maximum atomic E-state index is 11.4. The highest BCUT2D eigenvalue weighted by molar-refractivity contribution is 7.99. The van der Waals surface area contributed by atoms with Crippen LogP contribution in [-0.4, -0.2) is 48.4 Å². The fourth-order valence-corrected chi connectivity index (χ4v) is 1.75. The monoisotopic (exact) mass is 235 g/mol. The van der Waals surface area contributed by atoms with Gasteiger partial charge in [0.2, 0.25) is 5.91 Å². The van der Waals surface area contributed by atoms with Crippen LogP contribution in [0.4, 0.5) is 0 Å². The number of ether oxygens (including phenoxy) is 1. The summed E-state index contributed by atoms with van der Waals surface area (Å²) in [7, 11) is 1.64. The van der Waals surface area contributed by atoms with E-state index < -0.39 is 0 Å². The summed E-state index contributed by atoms with van der Waals surface area (Å²) in [5, 5.41) is 11.7. The van der Waals surface area contributed by atoms with Gasteiger partial charge in [0, 0.05) is 25.0 Å². The predicted octanol–water partition coefficient (Wildman–Crippen LogP) is 0.643. The number of aliphatic hydroxyl groups is 1. The molecule has 0 rings (SSSR count). The molecular formula is C10H21NO3S. The number of thioether (sulfide) groups is 1. The van der Waals surface area contributed by atoms with Crippen molar-refractivity contribution in [1.82, 2.24) is 5.32 Å². The van der Waals surface area contributed by atoms with Crippen molar-refractivity contribution in [3.05, 3.63) is 0 Å². The second-order valence-corrected chi connectivity index (χ2v) is 5.06. The van der Waals surface area contributed by atoms with Gasteiger partial charge in [-0.25, -0.2) is 0 Å². The first-order valence-electron chi connectivity index (χ1n) is 5.00. The van der Waals surface area contributed by atoms with Crippen molar-refractivity contribution in [1.29, 1.82) is 0 Å². The minimum absolute atomic E-state index is 0.00885. The summed E-state index contributed by atoms with van der Waals surface area (Å²) >= 11 is 1.55. The van der Waals surface area contributed by atoms with E-state index in [2.05, 4.69) is 5.32 Å². The summed E-state index contributed by atoms with van der Waals surface area (Å²) in [6, 6.07) is 0. The van der Waals surface area contributed by atoms with Gasteiger partial charge < -0.3 is 15.2 Å². The van der Waals surface area contributed by atoms with Gasteiger partial charge in [-0.1, -0.05) is 0 Å². The van der Waals surface area contributed by atoms with Gasteiger partial charge in [-0.15, -0.1) is 11.8 Å². The van der Waals surface area contributed by atoms with Crippen LogP contribution in [-0.2, 0) is 9.53 Å². The molecular weight excluding hydrogens is 214 g/mol. The number of amides is 1. The SMILES string of the molecule is COCCSCC(=O)NC(C)(C)CCO. The maximum Gasteiger partial charge on any atom is 0.230 e. The van der Waals surface area contributed by atoms with Crippen molar-refractivity contribution >= 4 is 17.7 Å². The van der Waals surface area contributed by atoms with E-state index in [4.69, 9.17) is 9.84 Å². The fourth-order valence-electron chi connectivity index (χ4n) is 1.06. The summed E-state index contributed by atoms with van der Waals surface area (Å²) in [6.45, 7) is 4.56. The standard InChI is InChI=1S/C10H21NO3S/c1-10(2,4-5-12)11-9(13)8-15-7-6-14-3/h12H,4-8H2,1-3H3,(H,11,13). The van der Waals surface area contributed by atoms with E-state index in [0.29, 0.717) is 18.8 Å². The summed E-state index contributed by atoms with van der Waals surface area (Å²) in [6.07, 6.45) is 0.571. The van der Waals surface area contributed by atoms with E-state index in [9.17, 15) is 4.79 Å². The lowest BCUT2D eigenvalue weighted by Crippen LogP contribution is -2.44. The van der Waals surface area contributed by atoms with E-state index in [1.165, 1.54) is 0 Å². The zero-order valence-corrected chi connectivity index (χ0v) is 10.5. The molecule has 90 valence electrons. The second-order valence-electron chi connectivity index (χ2n) is 3.95. The summed E-state index contributed by atoms with van der Waals surface area (Å²) < 4.78 is 4.88. The first-order chi connectivity index (χ1) is 7.02. The van der Waals surface area contributed by atoms with E-state index in [1.807, 2.05) is 13.8 Å². The first kappa shape index (κ1) is 14.7. The number of hydrogen-bond acceptors (Lipinski definition) is 4. The highest BCUT2D eigenvalue weighted by Crippen LogP contribution is 2.08. The highest BCUT2D eigenvalue weighted by atomic mass is 32.2. The molecule has 0 saturated carbocycles. The topological polar surface area (TPSA) is 58.6 Å². The Balaban J connectivity index is 3.63. The van der Waals surface area contributed by atoms with E-state index in [-0.39, 0.29) is 18.1 Å². The van der Waals surface area contributed by atoms with Crippen LogP contribution in [0, 0.1) is 0 Å². The largest absolute Gasteiger partial charge is 0.396 e. The van der Waals surface area contributed by atoms with Gasteiger partial charge in [0.25, 0.3) is 0 Å². The van der Waals surface area contributed by atoms with Gasteiger partial charge >= 0.3 is 0 Å². The van der Waals surface area contributed by atoms with Crippen molar-refractivity contribution < 1.29 is 14.6 Å². The van der Waals surface area contributed by atoms with Gasteiger partial charge in [-0.3, -0.25) is 4.79 Å². The molecule has 0 radical (unpaired) electrons. The molecule has 4 nitrogen and oxygen atoms in total. The van der Waals surface area contributed by atoms with Crippen LogP contribution in [0.3, 0.4) is 0 Å². The average Bonchev–Trinajstić information content (AvgIpc) is 2.11. The van der Waals surface area contributed by atoms with E-state index >= 15 is 0 Å². The maximum absolute atomic E-state index is 11.4. The predicted molar refractivity (Wildman–Crippen MR) is 63.1 cm³/mol. The van der Waals surface area contributed by atoms with Crippen LogP contribution in [0.2, 0.25) is 0 Å². The molecule has 1 amide bonds. The number of carbonyl (C=O) groups is 1. The van der Waals surface area contributed by atoms with Crippen molar-refractivity contribution in [2.75, 3.05) is 31.8 Å². The number of nitrogens with one attached hydrogen (secondary N) is 1. The third kappa shape index (κ3) is 8.72. The highest BCUT2D eigenvalue weighted by Gasteiger charge is 2.19. The number of aliphatic hydroxyl groups excluding tert-OH is 1. The minimum Gasteiger partial charge on any atom is -0.396 e.